The van der Waals surface area contributed by atoms with Crippen molar-refractivity contribution in [3.8, 4) is 22.4 Å². The highest BCUT2D eigenvalue weighted by atomic mass is 14.9. The second-order valence-corrected chi connectivity index (χ2v) is 4.86. The van der Waals surface area contributed by atoms with Crippen LogP contribution in [0.3, 0.4) is 0 Å². The standard InChI is InChI=1S/C18H17N/c1-14-8-13-18(19(14)2)17-11-9-16(10-12-17)15-6-4-3-5-7-15/h3-13H,1-2H3. The number of benzene rings is 2. The Bertz CT molecular complexity index is 675. The summed E-state index contributed by atoms with van der Waals surface area (Å²) in [6.45, 7) is 2.13. The van der Waals surface area contributed by atoms with E-state index in [4.69, 9.17) is 0 Å². The third-order valence-electron chi connectivity index (χ3n) is 3.66. The van der Waals surface area contributed by atoms with Crippen LogP contribution in [0.25, 0.3) is 22.4 Å². The van der Waals surface area contributed by atoms with Gasteiger partial charge in [0.25, 0.3) is 0 Å². The van der Waals surface area contributed by atoms with Gasteiger partial charge in [0.1, 0.15) is 0 Å². The molecule has 1 heteroatoms. The monoisotopic (exact) mass is 247 g/mol. The molecule has 0 radical (unpaired) electrons. The number of aryl methyl sites for hydroxylation is 1. The fourth-order valence-corrected chi connectivity index (χ4v) is 2.37. The van der Waals surface area contributed by atoms with Crippen LogP contribution >= 0.6 is 0 Å². The van der Waals surface area contributed by atoms with Crippen molar-refractivity contribution in [3.63, 3.8) is 0 Å². The third-order valence-corrected chi connectivity index (χ3v) is 3.66. The molecule has 0 saturated heterocycles. The van der Waals surface area contributed by atoms with Gasteiger partial charge in [-0.05, 0) is 35.7 Å². The molecule has 1 aromatic heterocycles. The van der Waals surface area contributed by atoms with Gasteiger partial charge in [0.05, 0.1) is 0 Å². The van der Waals surface area contributed by atoms with Crippen molar-refractivity contribution in [2.75, 3.05) is 0 Å². The van der Waals surface area contributed by atoms with Crippen molar-refractivity contribution in [1.82, 2.24) is 4.57 Å². The number of nitrogens with zero attached hydrogens (tertiary/aromatic N) is 1. The lowest BCUT2D eigenvalue weighted by Crippen LogP contribution is -1.93. The lowest BCUT2D eigenvalue weighted by Gasteiger charge is -2.07. The van der Waals surface area contributed by atoms with Gasteiger partial charge >= 0.3 is 0 Å². The van der Waals surface area contributed by atoms with E-state index < -0.39 is 0 Å². The summed E-state index contributed by atoms with van der Waals surface area (Å²) in [5.41, 5.74) is 6.32. The zero-order valence-corrected chi connectivity index (χ0v) is 11.3. The molecule has 0 atom stereocenters. The Morgan fingerprint density at radius 1 is 0.632 bits per heavy atom. The van der Waals surface area contributed by atoms with Gasteiger partial charge in [-0.15, -0.1) is 0 Å². The Labute approximate surface area is 114 Å². The van der Waals surface area contributed by atoms with E-state index in [1.165, 1.54) is 28.1 Å². The summed E-state index contributed by atoms with van der Waals surface area (Å²) in [5, 5.41) is 0. The molecule has 1 heterocycles. The van der Waals surface area contributed by atoms with Gasteiger partial charge in [-0.1, -0.05) is 54.6 Å². The van der Waals surface area contributed by atoms with Crippen molar-refractivity contribution >= 4 is 0 Å². The maximum Gasteiger partial charge on any atom is 0.0479 e. The molecule has 0 saturated carbocycles. The van der Waals surface area contributed by atoms with E-state index in [9.17, 15) is 0 Å². The van der Waals surface area contributed by atoms with Gasteiger partial charge in [0.2, 0.25) is 0 Å². The van der Waals surface area contributed by atoms with Crippen molar-refractivity contribution < 1.29 is 0 Å². The van der Waals surface area contributed by atoms with Crippen LogP contribution in [0.15, 0.2) is 66.7 Å². The summed E-state index contributed by atoms with van der Waals surface area (Å²) in [5.74, 6) is 0. The fraction of sp³-hybridized carbons (Fsp3) is 0.111. The van der Waals surface area contributed by atoms with Crippen LogP contribution in [0.4, 0.5) is 0 Å². The normalized spacial score (nSPS) is 10.6. The van der Waals surface area contributed by atoms with Crippen molar-refractivity contribution in [2.24, 2.45) is 7.05 Å². The molecule has 0 unspecified atom stereocenters. The molecule has 3 rings (SSSR count). The van der Waals surface area contributed by atoms with E-state index in [2.05, 4.69) is 79.2 Å². The van der Waals surface area contributed by atoms with E-state index in [1.54, 1.807) is 0 Å². The topological polar surface area (TPSA) is 4.93 Å². The molecule has 0 amide bonds. The van der Waals surface area contributed by atoms with Crippen molar-refractivity contribution in [2.45, 2.75) is 6.92 Å². The van der Waals surface area contributed by atoms with E-state index in [1.807, 2.05) is 6.07 Å². The van der Waals surface area contributed by atoms with Gasteiger partial charge in [-0.3, -0.25) is 0 Å². The number of hydrogen-bond donors (Lipinski definition) is 0. The summed E-state index contributed by atoms with van der Waals surface area (Å²) in [6.07, 6.45) is 0. The Balaban J connectivity index is 1.98. The number of rotatable bonds is 2. The second-order valence-electron chi connectivity index (χ2n) is 4.86. The van der Waals surface area contributed by atoms with Crippen LogP contribution in [0, 0.1) is 6.92 Å². The molecule has 3 aromatic rings. The molecule has 0 aliphatic heterocycles. The lowest BCUT2D eigenvalue weighted by atomic mass is 10.0. The van der Waals surface area contributed by atoms with Crippen LogP contribution in [-0.4, -0.2) is 4.57 Å². The predicted octanol–water partition coefficient (Wildman–Crippen LogP) is 4.67. The Kier molecular flexibility index (Phi) is 2.96. The molecule has 0 aliphatic carbocycles. The first-order valence-corrected chi connectivity index (χ1v) is 6.54. The van der Waals surface area contributed by atoms with Gasteiger partial charge < -0.3 is 4.57 Å². The highest BCUT2D eigenvalue weighted by molar-refractivity contribution is 5.69. The SMILES string of the molecule is Cc1ccc(-c2ccc(-c3ccccc3)cc2)n1C. The van der Waals surface area contributed by atoms with Crippen LogP contribution in [0.1, 0.15) is 5.69 Å². The van der Waals surface area contributed by atoms with E-state index in [-0.39, 0.29) is 0 Å². The van der Waals surface area contributed by atoms with Gasteiger partial charge in [-0.2, -0.15) is 0 Å². The maximum absolute atomic E-state index is 2.22. The van der Waals surface area contributed by atoms with Crippen molar-refractivity contribution in [3.05, 3.63) is 72.4 Å². The first-order valence-electron chi connectivity index (χ1n) is 6.54. The van der Waals surface area contributed by atoms with Gasteiger partial charge in [-0.25, -0.2) is 0 Å². The first kappa shape index (κ1) is 11.8. The summed E-state index contributed by atoms with van der Waals surface area (Å²) >= 11 is 0. The minimum atomic E-state index is 1.26. The molecule has 94 valence electrons. The second kappa shape index (κ2) is 4.77. The average Bonchev–Trinajstić information content (AvgIpc) is 2.80. The highest BCUT2D eigenvalue weighted by Crippen LogP contribution is 2.25. The van der Waals surface area contributed by atoms with Crippen LogP contribution < -0.4 is 0 Å². The molecule has 0 N–H and O–H groups in total. The zero-order chi connectivity index (χ0) is 13.2. The molecule has 0 spiro atoms. The minimum Gasteiger partial charge on any atom is -0.348 e. The minimum absolute atomic E-state index is 1.26. The summed E-state index contributed by atoms with van der Waals surface area (Å²) < 4.78 is 2.22. The molecule has 19 heavy (non-hydrogen) atoms. The molecular formula is C18H17N. The predicted molar refractivity (Wildman–Crippen MR) is 81.0 cm³/mol. The highest BCUT2D eigenvalue weighted by Gasteiger charge is 2.04. The van der Waals surface area contributed by atoms with Crippen LogP contribution in [0.5, 0.6) is 0 Å². The van der Waals surface area contributed by atoms with E-state index in [0.29, 0.717) is 0 Å². The quantitative estimate of drug-likeness (QED) is 0.620. The fourth-order valence-electron chi connectivity index (χ4n) is 2.37. The van der Waals surface area contributed by atoms with E-state index in [0.717, 1.165) is 0 Å². The van der Waals surface area contributed by atoms with Gasteiger partial charge in [0, 0.05) is 18.4 Å². The Morgan fingerprint density at radius 3 is 1.79 bits per heavy atom. The summed E-state index contributed by atoms with van der Waals surface area (Å²) in [7, 11) is 2.11. The van der Waals surface area contributed by atoms with Gasteiger partial charge in [0.15, 0.2) is 0 Å². The van der Waals surface area contributed by atoms with E-state index >= 15 is 0 Å². The number of hydrogen-bond acceptors (Lipinski definition) is 0. The first-order chi connectivity index (χ1) is 9.25. The molecular weight excluding hydrogens is 230 g/mol. The molecule has 0 bridgehead atoms. The molecule has 0 fully saturated rings. The largest absolute Gasteiger partial charge is 0.348 e. The average molecular weight is 247 g/mol. The molecule has 1 nitrogen and oxygen atoms in total. The van der Waals surface area contributed by atoms with Crippen LogP contribution in [-0.2, 0) is 7.05 Å². The summed E-state index contributed by atoms with van der Waals surface area (Å²) in [6, 6.07) is 23.6. The van der Waals surface area contributed by atoms with Crippen LogP contribution in [0.2, 0.25) is 0 Å². The lowest BCUT2D eigenvalue weighted by molar-refractivity contribution is 0.891. The van der Waals surface area contributed by atoms with Crippen molar-refractivity contribution in [1.29, 1.82) is 0 Å². The zero-order valence-electron chi connectivity index (χ0n) is 11.3. The third kappa shape index (κ3) is 2.19. The Morgan fingerprint density at radius 2 is 1.21 bits per heavy atom. The maximum atomic E-state index is 2.22. The number of aromatic nitrogens is 1. The smallest absolute Gasteiger partial charge is 0.0479 e. The Hall–Kier alpha value is -2.28. The molecule has 2 aromatic carbocycles. The molecule has 0 aliphatic rings. The summed E-state index contributed by atoms with van der Waals surface area (Å²) in [4.78, 5) is 0.